The monoisotopic (exact) mass is 1690 g/mol. The summed E-state index contributed by atoms with van der Waals surface area (Å²) in [5.74, 6) is 0.0230. The predicted octanol–water partition coefficient (Wildman–Crippen LogP) is 27.5. The average molecular weight is 1690 g/mol. The third-order valence-corrected chi connectivity index (χ3v) is 24.5. The fourth-order valence-corrected chi connectivity index (χ4v) is 18.6. The molecule has 0 saturated carbocycles. The van der Waals surface area contributed by atoms with E-state index in [9.17, 15) is 42.1 Å². The van der Waals surface area contributed by atoms with Crippen molar-refractivity contribution in [1.29, 1.82) is 42.1 Å². The zero-order chi connectivity index (χ0) is 91.0. The van der Waals surface area contributed by atoms with Crippen LogP contribution in [0, 0.1) is 124 Å². The van der Waals surface area contributed by atoms with Crippen LogP contribution in [0.4, 0.5) is 22.9 Å². The fourth-order valence-electron chi connectivity index (χ4n) is 18.6. The maximum absolute atomic E-state index is 9.98. The molecule has 4 aromatic heterocycles. The Balaban J connectivity index is 0.000000107. The average Bonchev–Trinajstić information content (AvgIpc) is 0.719. The van der Waals surface area contributed by atoms with Crippen molar-refractivity contribution in [2.45, 2.75) is 6.92 Å². The summed E-state index contributed by atoms with van der Waals surface area (Å²) in [6, 6.07) is 112. The lowest BCUT2D eigenvalue weighted by molar-refractivity contribution is 1.11. The van der Waals surface area contributed by atoms with E-state index < -0.39 is 0 Å². The highest BCUT2D eigenvalue weighted by Crippen LogP contribution is 2.52. The molecule has 0 aliphatic rings. The van der Waals surface area contributed by atoms with Gasteiger partial charge in [-0.3, -0.25) is 14.5 Å². The molecule has 0 amide bonds. The van der Waals surface area contributed by atoms with Crippen LogP contribution in [0.15, 0.2) is 285 Å². The summed E-state index contributed by atoms with van der Waals surface area (Å²) in [6.45, 7) is 32.4. The van der Waals surface area contributed by atoms with Crippen LogP contribution in [0.25, 0.3) is 236 Å². The smallest absolute Gasteiger partial charge is 0.307 e. The predicted molar refractivity (Wildman–Crippen MR) is 522 cm³/mol. The first kappa shape index (κ1) is 79.5. The molecule has 0 aliphatic heterocycles. The lowest BCUT2D eigenvalue weighted by Gasteiger charge is -2.18. The normalized spacial score (nSPS) is 11.0. The third kappa shape index (κ3) is 12.8. The van der Waals surface area contributed by atoms with Gasteiger partial charge in [0.05, 0.1) is 70.1 Å². The van der Waals surface area contributed by atoms with Gasteiger partial charge in [0.2, 0.25) is 11.4 Å². The summed E-state index contributed by atoms with van der Waals surface area (Å²) in [5.41, 5.74) is 7.36. The Morgan fingerprint density at radius 3 is 1.02 bits per heavy atom. The maximum atomic E-state index is 9.98. The number of nitriles is 8. The molecule has 0 fully saturated rings. The minimum absolute atomic E-state index is 0.000405. The van der Waals surface area contributed by atoms with Gasteiger partial charge in [0.1, 0.15) is 42.5 Å². The van der Waals surface area contributed by atoms with E-state index in [1.807, 2.05) is 177 Å². The Morgan fingerprint density at radius 2 is 0.556 bits per heavy atom. The van der Waals surface area contributed by atoms with Crippen LogP contribution in [0.2, 0.25) is 0 Å². The quantitative estimate of drug-likeness (QED) is 0.0882. The maximum Gasteiger partial charge on any atom is 0.307 e. The van der Waals surface area contributed by atoms with Gasteiger partial charge >= 0.3 is 5.82 Å². The molecule has 133 heavy (non-hydrogen) atoms. The molecule has 4 heterocycles. The molecule has 0 atom stereocenters. The number of aryl methyl sites for hydroxylation is 1. The standard InChI is InChI=1S/C31H18N4.C30H8N8.2C26H12N4/c1-19-30(35-31(33-2)27(18-32)34-19)29-26-14-8-6-12-24(26)23-11-5-7-13-25(23)28(29)22-16-15-20-9-3-4-10-21(20)17-22;1-34-26-21-10-18-17-8-15-6-4-5-7-16(15)9-20(17)28-29(38-25(14-33)24(13-32)37-28)22(18)11-19(21)23(12-31)27(35-2)30(26)36-3;27-13-22-23(14-28)30-26-21-12-17-7-2-1-6-16(17)11-20(21)24-18-8-4-3-5-15(18)9-10-19(24)25(26)29-22;27-13-22-23(14-28)30-26-24-18-8-4-3-5-15(18)9-10-19(24)20-11-16-6-1-2-7-17(16)12-21(20)25(26)29-22/h3-17H,1H3;4-11H;2*1-12H. The van der Waals surface area contributed by atoms with Crippen molar-refractivity contribution in [3.05, 3.63) is 382 Å². The highest BCUT2D eigenvalue weighted by Gasteiger charge is 2.29. The molecule has 24 aromatic rings. The van der Waals surface area contributed by atoms with Crippen molar-refractivity contribution in [2.24, 2.45) is 0 Å². The zero-order valence-corrected chi connectivity index (χ0v) is 69.6. The first-order chi connectivity index (χ1) is 65.3. The van der Waals surface area contributed by atoms with Crippen molar-refractivity contribution < 1.29 is 0 Å². The molecule has 602 valence electrons. The van der Waals surface area contributed by atoms with Crippen molar-refractivity contribution in [3.63, 3.8) is 0 Å². The minimum atomic E-state index is -0.174. The zero-order valence-electron chi connectivity index (χ0n) is 69.6. The second kappa shape index (κ2) is 32.1. The van der Waals surface area contributed by atoms with Crippen LogP contribution in [0.5, 0.6) is 0 Å². The number of aromatic nitrogens is 8. The van der Waals surface area contributed by atoms with Gasteiger partial charge in [-0.2, -0.15) is 42.1 Å². The van der Waals surface area contributed by atoms with Crippen LogP contribution in [-0.2, 0) is 0 Å². The van der Waals surface area contributed by atoms with Gasteiger partial charge in [-0.1, -0.05) is 243 Å². The van der Waals surface area contributed by atoms with Crippen LogP contribution in [-0.4, -0.2) is 39.9 Å². The van der Waals surface area contributed by atoms with Gasteiger partial charge in [0.15, 0.2) is 51.2 Å². The molecule has 20 aromatic carbocycles. The van der Waals surface area contributed by atoms with E-state index in [4.69, 9.17) is 31.3 Å². The number of rotatable bonds is 2. The van der Waals surface area contributed by atoms with E-state index in [-0.39, 0.29) is 68.3 Å². The lowest BCUT2D eigenvalue weighted by atomic mass is 9.85. The Kier molecular flexibility index (Phi) is 19.2. The molecule has 0 saturated heterocycles. The molecular weight excluding hydrogens is 1640 g/mol. The largest absolute Gasteiger partial charge is 0.358 e. The van der Waals surface area contributed by atoms with E-state index in [0.717, 1.165) is 146 Å². The van der Waals surface area contributed by atoms with Gasteiger partial charge in [0, 0.05) is 43.4 Å². The van der Waals surface area contributed by atoms with E-state index in [2.05, 4.69) is 206 Å². The van der Waals surface area contributed by atoms with E-state index in [1.165, 1.54) is 5.39 Å². The second-order valence-electron chi connectivity index (χ2n) is 31.4. The lowest BCUT2D eigenvalue weighted by Crippen LogP contribution is -1.99. The highest BCUT2D eigenvalue weighted by molar-refractivity contribution is 6.34. The van der Waals surface area contributed by atoms with Crippen LogP contribution in [0.1, 0.15) is 51.1 Å². The van der Waals surface area contributed by atoms with Crippen molar-refractivity contribution in [2.75, 3.05) is 0 Å². The summed E-state index contributed by atoms with van der Waals surface area (Å²) >= 11 is 0. The van der Waals surface area contributed by atoms with Crippen LogP contribution < -0.4 is 0 Å². The van der Waals surface area contributed by atoms with Crippen LogP contribution >= 0.6 is 0 Å². The van der Waals surface area contributed by atoms with Gasteiger partial charge in [-0.15, -0.1) is 4.98 Å². The summed E-state index contributed by atoms with van der Waals surface area (Å²) < 4.78 is 0. The Morgan fingerprint density at radius 1 is 0.218 bits per heavy atom. The summed E-state index contributed by atoms with van der Waals surface area (Å²) in [7, 11) is 0. The van der Waals surface area contributed by atoms with Gasteiger partial charge in [0.25, 0.3) is 0 Å². The molecule has 0 radical (unpaired) electrons. The van der Waals surface area contributed by atoms with Gasteiger partial charge in [-0.25, -0.2) is 34.9 Å². The summed E-state index contributed by atoms with van der Waals surface area (Å²) in [5, 5.41) is 106. The Hall–Kier alpha value is -20.7. The number of benzene rings is 20. The van der Waals surface area contributed by atoms with Crippen molar-refractivity contribution >= 4 is 218 Å². The molecule has 0 bridgehead atoms. The SMILES string of the molecule is N#Cc1nc2c3cc4ccccc4cc3c3c4ccccc4ccc3c2nc1C#N.N#Cc1nc2c3cc4ccccc4cc3c3ccc4ccccc4c3c2nc1C#N.[C-]#[N+]c1c([N+]#[C-])c([N+]#[C-])c2cc3c4cc5ccccc5cc4c4nc(C#N)c(C#N)nc4c3cc2c1C#N.[C-]#[N+]c1nc(-c2c(-c3ccc4ccccc4c3)c3ccccc3c3ccccc23)c(C)nc1C#N. The van der Waals surface area contributed by atoms with Crippen molar-refractivity contribution in [1.82, 2.24) is 39.9 Å². The molecule has 0 N–H and O–H groups in total. The molecule has 20 heteroatoms. The molecule has 0 unspecified atom stereocenters. The molecule has 0 aliphatic carbocycles. The summed E-state index contributed by atoms with van der Waals surface area (Å²) in [4.78, 5) is 50.5. The number of nitrogens with zero attached hydrogens (tertiary/aromatic N) is 20. The van der Waals surface area contributed by atoms with E-state index in [0.29, 0.717) is 71.4 Å². The third-order valence-electron chi connectivity index (χ3n) is 24.5. The van der Waals surface area contributed by atoms with Gasteiger partial charge < -0.3 is 4.85 Å². The van der Waals surface area contributed by atoms with Crippen LogP contribution in [0.3, 0.4) is 0 Å². The van der Waals surface area contributed by atoms with Gasteiger partial charge in [-0.05, 0) is 190 Å². The number of hydrogen-bond donors (Lipinski definition) is 0. The first-order valence-corrected chi connectivity index (χ1v) is 41.5. The molecular formula is C113H50N20. The number of hydrogen-bond acceptors (Lipinski definition) is 16. The van der Waals surface area contributed by atoms with E-state index in [1.54, 1.807) is 12.1 Å². The fraction of sp³-hybridized carbons (Fsp3) is 0.00885. The molecule has 0 spiro atoms. The molecule has 20 nitrogen and oxygen atoms in total. The number of fused-ring (bicyclic) bond motifs is 30. The van der Waals surface area contributed by atoms with E-state index >= 15 is 0 Å². The second-order valence-corrected chi connectivity index (χ2v) is 31.4. The Bertz CT molecular complexity index is 10000. The van der Waals surface area contributed by atoms with Crippen molar-refractivity contribution in [3.8, 4) is 70.9 Å². The first-order valence-electron chi connectivity index (χ1n) is 41.5. The minimum Gasteiger partial charge on any atom is -0.358 e. The Labute approximate surface area is 754 Å². The highest BCUT2D eigenvalue weighted by atomic mass is 15.0. The summed E-state index contributed by atoms with van der Waals surface area (Å²) in [6.07, 6.45) is 0. The topological polar surface area (TPSA) is 311 Å². The molecule has 24 rings (SSSR count).